The van der Waals surface area contributed by atoms with Gasteiger partial charge in [-0.05, 0) is 37.5 Å². The minimum Gasteiger partial charge on any atom is -0.478 e. The van der Waals surface area contributed by atoms with Gasteiger partial charge in [0.15, 0.2) is 0 Å². The van der Waals surface area contributed by atoms with Gasteiger partial charge in [0.05, 0.1) is 5.56 Å². The van der Waals surface area contributed by atoms with E-state index in [-0.39, 0.29) is 5.56 Å². The van der Waals surface area contributed by atoms with Gasteiger partial charge in [-0.15, -0.1) is 0 Å². The quantitative estimate of drug-likeness (QED) is 0.717. The molecule has 128 valence electrons. The van der Waals surface area contributed by atoms with Crippen LogP contribution in [-0.2, 0) is 13.1 Å². The van der Waals surface area contributed by atoms with Crippen molar-refractivity contribution in [2.75, 3.05) is 0 Å². The summed E-state index contributed by atoms with van der Waals surface area (Å²) >= 11 is 0. The van der Waals surface area contributed by atoms with Gasteiger partial charge in [0.1, 0.15) is 5.82 Å². The Labute approximate surface area is 145 Å². The van der Waals surface area contributed by atoms with E-state index in [9.17, 15) is 4.79 Å². The molecule has 1 saturated carbocycles. The smallest absolute Gasteiger partial charge is 0.335 e. The monoisotopic (exact) mass is 336 g/mol. The molecule has 0 amide bonds. The number of imidazole rings is 1. The molecular weight excluding hydrogens is 316 g/mol. The maximum Gasteiger partial charge on any atom is 0.335 e. The predicted molar refractivity (Wildman–Crippen MR) is 93.4 cm³/mol. The fourth-order valence-electron chi connectivity index (χ4n) is 3.16. The van der Waals surface area contributed by atoms with Crippen molar-refractivity contribution in [3.05, 3.63) is 60.2 Å². The number of aromatic carboxylic acids is 1. The minimum atomic E-state index is -0.916. The molecule has 2 heterocycles. The number of carboxylic acid groups (broad SMARTS) is 1. The molecule has 4 rings (SSSR count). The van der Waals surface area contributed by atoms with Crippen LogP contribution in [0.25, 0.3) is 11.4 Å². The molecule has 1 aromatic carbocycles. The third-order valence-electron chi connectivity index (χ3n) is 4.62. The number of rotatable bonds is 7. The summed E-state index contributed by atoms with van der Waals surface area (Å²) in [6.07, 6.45) is 9.17. The lowest BCUT2D eigenvalue weighted by Gasteiger charge is -2.10. The molecule has 2 aromatic heterocycles. The third kappa shape index (κ3) is 3.33. The Hall–Kier alpha value is -2.89. The van der Waals surface area contributed by atoms with E-state index >= 15 is 0 Å². The lowest BCUT2D eigenvalue weighted by atomic mass is 10.1. The summed E-state index contributed by atoms with van der Waals surface area (Å²) < 4.78 is 4.23. The van der Waals surface area contributed by atoms with Crippen molar-refractivity contribution >= 4 is 5.97 Å². The second-order valence-corrected chi connectivity index (χ2v) is 6.43. The van der Waals surface area contributed by atoms with Gasteiger partial charge in [-0.25, -0.2) is 9.78 Å². The first kappa shape index (κ1) is 15.6. The second kappa shape index (κ2) is 6.55. The lowest BCUT2D eigenvalue weighted by Crippen LogP contribution is -2.08. The Balaban J connectivity index is 1.42. The summed E-state index contributed by atoms with van der Waals surface area (Å²) in [6.45, 7) is 1.74. The third-order valence-corrected chi connectivity index (χ3v) is 4.62. The molecule has 0 atom stereocenters. The summed E-state index contributed by atoms with van der Waals surface area (Å²) in [4.78, 5) is 15.4. The van der Waals surface area contributed by atoms with Crippen LogP contribution in [0.4, 0.5) is 0 Å². The van der Waals surface area contributed by atoms with Gasteiger partial charge in [0.2, 0.25) is 0 Å². The highest BCUT2D eigenvalue weighted by molar-refractivity contribution is 5.88. The highest BCUT2D eigenvalue weighted by atomic mass is 16.4. The molecule has 1 fully saturated rings. The molecule has 1 aliphatic carbocycles. The van der Waals surface area contributed by atoms with Crippen LogP contribution in [0.15, 0.2) is 48.9 Å². The predicted octanol–water partition coefficient (Wildman–Crippen LogP) is 3.41. The first-order chi connectivity index (χ1) is 12.2. The molecule has 0 unspecified atom stereocenters. The van der Waals surface area contributed by atoms with E-state index in [0.717, 1.165) is 30.9 Å². The van der Waals surface area contributed by atoms with Crippen LogP contribution in [0.5, 0.6) is 0 Å². The number of hydrogen-bond acceptors (Lipinski definition) is 3. The van der Waals surface area contributed by atoms with Crippen molar-refractivity contribution in [3.8, 4) is 11.4 Å². The van der Waals surface area contributed by atoms with Crippen LogP contribution in [0.2, 0.25) is 0 Å². The maximum atomic E-state index is 11.0. The normalized spacial score (nSPS) is 13.9. The van der Waals surface area contributed by atoms with E-state index in [1.54, 1.807) is 30.5 Å². The highest BCUT2D eigenvalue weighted by Crippen LogP contribution is 2.39. The zero-order valence-electron chi connectivity index (χ0n) is 13.9. The number of benzene rings is 1. The number of aryl methyl sites for hydroxylation is 2. The van der Waals surface area contributed by atoms with Crippen molar-refractivity contribution < 1.29 is 9.90 Å². The van der Waals surface area contributed by atoms with Crippen molar-refractivity contribution in [2.45, 2.75) is 38.3 Å². The zero-order chi connectivity index (χ0) is 17.2. The minimum absolute atomic E-state index is 0.285. The van der Waals surface area contributed by atoms with Crippen LogP contribution in [0, 0.1) is 0 Å². The lowest BCUT2D eigenvalue weighted by molar-refractivity contribution is 0.0697. The Morgan fingerprint density at radius 1 is 1.12 bits per heavy atom. The molecule has 6 nitrogen and oxygen atoms in total. The number of nitrogens with zero attached hydrogens (tertiary/aromatic N) is 4. The fourth-order valence-corrected chi connectivity index (χ4v) is 3.16. The average Bonchev–Trinajstić information content (AvgIpc) is 3.17. The van der Waals surface area contributed by atoms with Gasteiger partial charge in [0.25, 0.3) is 0 Å². The first-order valence-electron chi connectivity index (χ1n) is 8.59. The Morgan fingerprint density at radius 3 is 2.64 bits per heavy atom. The van der Waals surface area contributed by atoms with Crippen LogP contribution in [0.3, 0.4) is 0 Å². The largest absolute Gasteiger partial charge is 0.478 e. The molecule has 25 heavy (non-hydrogen) atoms. The molecular formula is C19H20N4O2. The van der Waals surface area contributed by atoms with Gasteiger partial charge < -0.3 is 9.67 Å². The van der Waals surface area contributed by atoms with E-state index in [0.29, 0.717) is 5.92 Å². The van der Waals surface area contributed by atoms with Crippen molar-refractivity contribution in [1.82, 2.24) is 19.3 Å². The molecule has 0 aliphatic heterocycles. The summed E-state index contributed by atoms with van der Waals surface area (Å²) in [5, 5.41) is 13.4. The van der Waals surface area contributed by atoms with Crippen molar-refractivity contribution in [1.29, 1.82) is 0 Å². The van der Waals surface area contributed by atoms with Crippen LogP contribution >= 0.6 is 0 Å². The number of aromatic nitrogens is 4. The molecule has 0 saturated heterocycles. The number of carbonyl (C=O) groups is 1. The van der Waals surface area contributed by atoms with Gasteiger partial charge in [0, 0.05) is 48.9 Å². The molecule has 3 aromatic rings. The van der Waals surface area contributed by atoms with Gasteiger partial charge in [-0.3, -0.25) is 4.68 Å². The average molecular weight is 336 g/mol. The van der Waals surface area contributed by atoms with E-state index in [4.69, 9.17) is 5.11 Å². The summed E-state index contributed by atoms with van der Waals surface area (Å²) in [5.41, 5.74) is 2.57. The van der Waals surface area contributed by atoms with Crippen molar-refractivity contribution in [3.63, 3.8) is 0 Å². The molecule has 0 radical (unpaired) electrons. The highest BCUT2D eigenvalue weighted by Gasteiger charge is 2.26. The zero-order valence-corrected chi connectivity index (χ0v) is 13.9. The Bertz CT molecular complexity index is 875. The molecule has 6 heteroatoms. The number of hydrogen-bond donors (Lipinski definition) is 1. The number of carboxylic acids is 1. The van der Waals surface area contributed by atoms with E-state index in [1.165, 1.54) is 18.5 Å². The van der Waals surface area contributed by atoms with E-state index in [2.05, 4.69) is 25.4 Å². The summed E-state index contributed by atoms with van der Waals surface area (Å²) in [7, 11) is 0. The Kier molecular flexibility index (Phi) is 4.09. The summed E-state index contributed by atoms with van der Waals surface area (Å²) in [6, 6.07) is 8.97. The first-order valence-corrected chi connectivity index (χ1v) is 8.59. The maximum absolute atomic E-state index is 11.0. The van der Waals surface area contributed by atoms with Gasteiger partial charge in [-0.2, -0.15) is 5.10 Å². The van der Waals surface area contributed by atoms with Gasteiger partial charge in [-0.1, -0.05) is 12.1 Å². The van der Waals surface area contributed by atoms with Crippen LogP contribution < -0.4 is 0 Å². The van der Waals surface area contributed by atoms with Gasteiger partial charge >= 0.3 is 5.97 Å². The molecule has 0 bridgehead atoms. The molecule has 0 spiro atoms. The second-order valence-electron chi connectivity index (χ2n) is 6.43. The topological polar surface area (TPSA) is 72.9 Å². The summed E-state index contributed by atoms with van der Waals surface area (Å²) in [5.74, 6) is 0.652. The van der Waals surface area contributed by atoms with Crippen LogP contribution in [0.1, 0.15) is 41.2 Å². The molecule has 1 N–H and O–H groups in total. The van der Waals surface area contributed by atoms with E-state index in [1.807, 2.05) is 12.4 Å². The van der Waals surface area contributed by atoms with Crippen LogP contribution in [-0.4, -0.2) is 30.4 Å². The molecule has 1 aliphatic rings. The van der Waals surface area contributed by atoms with Crippen molar-refractivity contribution in [2.24, 2.45) is 0 Å². The van der Waals surface area contributed by atoms with E-state index < -0.39 is 5.97 Å². The SMILES string of the molecule is O=C(O)c1ccc(-c2nccn2CCCn2nccc2C2CC2)cc1. The fraction of sp³-hybridized carbons (Fsp3) is 0.316. The standard InChI is InChI=1S/C19H20N4O2/c24-19(25)16-6-4-15(5-7-16)18-20-10-13-22(18)11-1-12-23-17(8-9-21-23)14-2-3-14/h4-10,13-14H,1-3,11-12H2,(H,24,25). The Morgan fingerprint density at radius 2 is 1.92 bits per heavy atom.